The molecule has 1 atom stereocenters. The zero-order valence-electron chi connectivity index (χ0n) is 18.0. The van der Waals surface area contributed by atoms with Crippen molar-refractivity contribution in [3.05, 3.63) is 91.4 Å². The molecule has 4 nitrogen and oxygen atoms in total. The zero-order chi connectivity index (χ0) is 21.2. The predicted octanol–water partition coefficient (Wildman–Crippen LogP) is 3.61. The number of aryl methyl sites for hydroxylation is 1. The summed E-state index contributed by atoms with van der Waals surface area (Å²) in [5.74, 6) is 3.46. The van der Waals surface area contributed by atoms with Crippen LogP contribution < -0.4 is 10.9 Å². The number of hydrogen-bond donors (Lipinski definition) is 0. The third-order valence-electron chi connectivity index (χ3n) is 5.46. The average Bonchev–Trinajstić information content (AvgIpc) is 3.47. The van der Waals surface area contributed by atoms with Crippen LogP contribution in [0.25, 0.3) is 0 Å². The van der Waals surface area contributed by atoms with E-state index in [-0.39, 0.29) is 6.29 Å². The van der Waals surface area contributed by atoms with Crippen LogP contribution in [0.4, 0.5) is 0 Å². The first kappa shape index (κ1) is 22.1. The van der Waals surface area contributed by atoms with E-state index in [2.05, 4.69) is 71.6 Å². The standard InChI is InChI=1S/C14H13B.C11H18N2O2/c1-2-15(13-9-5-3-6-10-13)14-11-7-4-8-12-14;1-3-10(11-14-6-7-15-11)8-13-5-4-12-9(13)2/h2-12H,1H2;4-5,10-11H,3,6-8H2,1-2H3. The van der Waals surface area contributed by atoms with Gasteiger partial charge in [0, 0.05) is 24.9 Å². The topological polar surface area (TPSA) is 36.3 Å². The molecule has 5 heteroatoms. The lowest BCUT2D eigenvalue weighted by atomic mass is 9.41. The van der Waals surface area contributed by atoms with E-state index >= 15 is 0 Å². The molecule has 1 unspecified atom stereocenters. The van der Waals surface area contributed by atoms with Crippen LogP contribution in [-0.4, -0.2) is 35.8 Å². The minimum atomic E-state index is -0.0307. The number of benzene rings is 2. The highest BCUT2D eigenvalue weighted by Gasteiger charge is 2.26. The Morgan fingerprint density at radius 3 is 2.07 bits per heavy atom. The van der Waals surface area contributed by atoms with Gasteiger partial charge in [0.1, 0.15) is 5.82 Å². The lowest BCUT2D eigenvalue weighted by Crippen LogP contribution is -2.40. The first-order valence-electron chi connectivity index (χ1n) is 10.7. The van der Waals surface area contributed by atoms with Gasteiger partial charge in [0.2, 0.25) is 6.71 Å². The molecule has 0 amide bonds. The van der Waals surface area contributed by atoms with E-state index in [1.165, 1.54) is 10.9 Å². The molecule has 3 aromatic rings. The largest absolute Gasteiger partial charge is 0.350 e. The Morgan fingerprint density at radius 1 is 1.07 bits per heavy atom. The van der Waals surface area contributed by atoms with Gasteiger partial charge in [-0.05, 0) is 13.3 Å². The van der Waals surface area contributed by atoms with Crippen LogP contribution in [0, 0.1) is 12.8 Å². The molecule has 1 fully saturated rings. The summed E-state index contributed by atoms with van der Waals surface area (Å²) in [4.78, 5) is 4.21. The molecule has 30 heavy (non-hydrogen) atoms. The van der Waals surface area contributed by atoms with Gasteiger partial charge in [-0.25, -0.2) is 4.98 Å². The van der Waals surface area contributed by atoms with Crippen LogP contribution in [0.1, 0.15) is 19.2 Å². The molecule has 0 radical (unpaired) electrons. The van der Waals surface area contributed by atoms with Gasteiger partial charge in [0.05, 0.1) is 13.2 Å². The molecule has 0 aliphatic carbocycles. The number of rotatable bonds is 7. The third-order valence-corrected chi connectivity index (χ3v) is 5.46. The number of aromatic nitrogens is 2. The molecule has 0 N–H and O–H groups in total. The Kier molecular flexibility index (Phi) is 8.48. The van der Waals surface area contributed by atoms with Gasteiger partial charge >= 0.3 is 0 Å². The average molecular weight is 402 g/mol. The number of imidazole rings is 1. The van der Waals surface area contributed by atoms with Crippen molar-refractivity contribution in [3.8, 4) is 0 Å². The second-order valence-corrected chi connectivity index (χ2v) is 7.44. The van der Waals surface area contributed by atoms with Gasteiger partial charge in [-0.1, -0.05) is 78.5 Å². The first-order valence-corrected chi connectivity index (χ1v) is 10.7. The summed E-state index contributed by atoms with van der Waals surface area (Å²) in [5, 5.41) is 0. The SMILES string of the molecule is C=CB(c1ccccc1)c1ccccc1.CCC(Cn1ccnc1C)C1OCCO1. The fourth-order valence-electron chi connectivity index (χ4n) is 3.69. The summed E-state index contributed by atoms with van der Waals surface area (Å²) in [5.41, 5.74) is 2.58. The Hall–Kier alpha value is -2.63. The highest BCUT2D eigenvalue weighted by Crippen LogP contribution is 2.20. The molecule has 1 saturated heterocycles. The van der Waals surface area contributed by atoms with Crippen LogP contribution in [0.3, 0.4) is 0 Å². The van der Waals surface area contributed by atoms with Crippen molar-refractivity contribution < 1.29 is 9.47 Å². The van der Waals surface area contributed by atoms with Crippen molar-refractivity contribution in [1.82, 2.24) is 9.55 Å². The quantitative estimate of drug-likeness (QED) is 0.567. The fourth-order valence-corrected chi connectivity index (χ4v) is 3.69. The Bertz CT molecular complexity index is 837. The van der Waals surface area contributed by atoms with Crippen molar-refractivity contribution in [3.63, 3.8) is 0 Å². The maximum atomic E-state index is 5.54. The first-order chi connectivity index (χ1) is 14.7. The second-order valence-electron chi connectivity index (χ2n) is 7.44. The maximum absolute atomic E-state index is 5.54. The van der Waals surface area contributed by atoms with E-state index in [0.29, 0.717) is 12.6 Å². The van der Waals surface area contributed by atoms with Crippen LogP contribution in [-0.2, 0) is 16.0 Å². The van der Waals surface area contributed by atoms with Gasteiger partial charge in [0.15, 0.2) is 6.29 Å². The number of hydrogen-bond acceptors (Lipinski definition) is 3. The maximum Gasteiger partial charge on any atom is 0.233 e. The lowest BCUT2D eigenvalue weighted by Gasteiger charge is -2.21. The Morgan fingerprint density at radius 2 is 1.63 bits per heavy atom. The van der Waals surface area contributed by atoms with Gasteiger partial charge in [-0.15, -0.1) is 12.6 Å². The van der Waals surface area contributed by atoms with Gasteiger partial charge in [0.25, 0.3) is 0 Å². The highest BCUT2D eigenvalue weighted by atomic mass is 16.7. The molecule has 1 aliphatic rings. The number of ether oxygens (including phenoxy) is 2. The molecule has 4 rings (SSSR count). The summed E-state index contributed by atoms with van der Waals surface area (Å²) < 4.78 is 13.2. The molecule has 2 aromatic carbocycles. The molecule has 1 aliphatic heterocycles. The van der Waals surface area contributed by atoms with E-state index in [4.69, 9.17) is 9.47 Å². The van der Waals surface area contributed by atoms with Gasteiger partial charge in [-0.3, -0.25) is 0 Å². The van der Waals surface area contributed by atoms with Gasteiger partial charge in [-0.2, -0.15) is 0 Å². The highest BCUT2D eigenvalue weighted by molar-refractivity contribution is 6.89. The molecule has 0 bridgehead atoms. The van der Waals surface area contributed by atoms with E-state index in [1.807, 2.05) is 37.4 Å². The normalized spacial score (nSPS) is 14.6. The third kappa shape index (κ3) is 5.94. The molecular formula is C25H31BN2O2. The minimum absolute atomic E-state index is 0.0307. The van der Waals surface area contributed by atoms with Crippen molar-refractivity contribution in [2.45, 2.75) is 33.1 Å². The monoisotopic (exact) mass is 402 g/mol. The Balaban J connectivity index is 0.000000171. The van der Waals surface area contributed by atoms with E-state index in [0.717, 1.165) is 32.0 Å². The van der Waals surface area contributed by atoms with Crippen molar-refractivity contribution in [2.75, 3.05) is 13.2 Å². The molecule has 0 saturated carbocycles. The Labute approximate surface area is 180 Å². The summed E-state index contributed by atoms with van der Waals surface area (Å²) in [6.07, 6.45) is 4.87. The summed E-state index contributed by atoms with van der Waals surface area (Å²) in [6, 6.07) is 20.9. The molecular weight excluding hydrogens is 371 g/mol. The van der Waals surface area contributed by atoms with Gasteiger partial charge < -0.3 is 14.0 Å². The predicted molar refractivity (Wildman–Crippen MR) is 125 cm³/mol. The molecule has 1 aromatic heterocycles. The summed E-state index contributed by atoms with van der Waals surface area (Å²) in [7, 11) is 0. The second kappa shape index (κ2) is 11.5. The number of nitrogens with zero attached hydrogens (tertiary/aromatic N) is 2. The van der Waals surface area contributed by atoms with Crippen molar-refractivity contribution in [1.29, 1.82) is 0 Å². The van der Waals surface area contributed by atoms with E-state index < -0.39 is 0 Å². The van der Waals surface area contributed by atoms with Crippen LogP contribution in [0.5, 0.6) is 0 Å². The van der Waals surface area contributed by atoms with E-state index in [9.17, 15) is 0 Å². The lowest BCUT2D eigenvalue weighted by molar-refractivity contribution is -0.0885. The van der Waals surface area contributed by atoms with Crippen LogP contribution in [0.2, 0.25) is 0 Å². The van der Waals surface area contributed by atoms with Crippen LogP contribution in [0.15, 0.2) is 85.6 Å². The summed E-state index contributed by atoms with van der Waals surface area (Å²) >= 11 is 0. The van der Waals surface area contributed by atoms with Crippen molar-refractivity contribution in [2.24, 2.45) is 5.92 Å². The minimum Gasteiger partial charge on any atom is -0.350 e. The van der Waals surface area contributed by atoms with Crippen LogP contribution >= 0.6 is 0 Å². The molecule has 0 spiro atoms. The van der Waals surface area contributed by atoms with Crippen molar-refractivity contribution >= 4 is 17.6 Å². The molecule has 156 valence electrons. The fraction of sp³-hybridized carbons (Fsp3) is 0.320. The smallest absolute Gasteiger partial charge is 0.233 e. The molecule has 2 heterocycles. The van der Waals surface area contributed by atoms with E-state index in [1.54, 1.807) is 0 Å². The summed E-state index contributed by atoms with van der Waals surface area (Å²) in [6.45, 7) is 10.8. The zero-order valence-corrected chi connectivity index (χ0v) is 18.0.